The molecule has 2 aromatic carbocycles. The van der Waals surface area contributed by atoms with Gasteiger partial charge in [-0.1, -0.05) is 24.3 Å². The molecule has 0 spiro atoms. The van der Waals surface area contributed by atoms with Gasteiger partial charge in [0.15, 0.2) is 0 Å². The molecule has 3 rings (SSSR count). The van der Waals surface area contributed by atoms with Gasteiger partial charge in [0.2, 0.25) is 0 Å². The molecule has 1 amide bonds. The Morgan fingerprint density at radius 1 is 1.00 bits per heavy atom. The Morgan fingerprint density at radius 2 is 1.72 bits per heavy atom. The molecule has 0 saturated carbocycles. The van der Waals surface area contributed by atoms with Crippen molar-refractivity contribution in [2.75, 3.05) is 10.6 Å². The molecule has 0 aliphatic rings. The van der Waals surface area contributed by atoms with Crippen molar-refractivity contribution in [3.05, 3.63) is 82.6 Å². The average molecular weight is 393 g/mol. The highest BCUT2D eigenvalue weighted by molar-refractivity contribution is 9.10. The predicted octanol–water partition coefficient (Wildman–Crippen LogP) is 4.71. The van der Waals surface area contributed by atoms with Gasteiger partial charge in [-0.15, -0.1) is 0 Å². The molecular weight excluding hydrogens is 380 g/mol. The Labute approximate surface area is 153 Å². The number of carbonyl (C=O) groups excluding carboxylic acids is 1. The van der Waals surface area contributed by atoms with Crippen LogP contribution >= 0.6 is 15.9 Å². The van der Waals surface area contributed by atoms with E-state index in [0.29, 0.717) is 11.3 Å². The summed E-state index contributed by atoms with van der Waals surface area (Å²) >= 11 is 3.47. The number of amides is 1. The molecule has 6 heteroatoms. The maximum atomic E-state index is 12.3. The van der Waals surface area contributed by atoms with Crippen LogP contribution in [0.1, 0.15) is 16.1 Å². The van der Waals surface area contributed by atoms with Crippen LogP contribution in [0, 0.1) is 11.3 Å². The number of hydrogen-bond donors (Lipinski definition) is 2. The zero-order valence-electron chi connectivity index (χ0n) is 13.0. The van der Waals surface area contributed by atoms with E-state index in [2.05, 4.69) is 31.5 Å². The third kappa shape index (κ3) is 4.03. The number of carbonyl (C=O) groups is 1. The number of anilines is 3. The van der Waals surface area contributed by atoms with E-state index >= 15 is 0 Å². The van der Waals surface area contributed by atoms with Gasteiger partial charge in [-0.3, -0.25) is 4.79 Å². The minimum absolute atomic E-state index is 0.269. The fraction of sp³-hybridized carbons (Fsp3) is 0. The lowest BCUT2D eigenvalue weighted by atomic mass is 10.2. The van der Waals surface area contributed by atoms with Gasteiger partial charge in [-0.05, 0) is 52.3 Å². The Morgan fingerprint density at radius 3 is 2.40 bits per heavy atom. The molecule has 0 unspecified atom stereocenters. The van der Waals surface area contributed by atoms with E-state index in [-0.39, 0.29) is 11.6 Å². The van der Waals surface area contributed by atoms with Crippen LogP contribution in [0.4, 0.5) is 17.1 Å². The van der Waals surface area contributed by atoms with Gasteiger partial charge in [0, 0.05) is 4.47 Å². The van der Waals surface area contributed by atoms with Crippen LogP contribution in [-0.4, -0.2) is 10.9 Å². The van der Waals surface area contributed by atoms with Crippen molar-refractivity contribution in [3.63, 3.8) is 0 Å². The molecule has 0 saturated heterocycles. The summed E-state index contributed by atoms with van der Waals surface area (Å²) in [5.74, 6) is -0.366. The van der Waals surface area contributed by atoms with Gasteiger partial charge in [-0.25, -0.2) is 4.98 Å². The first-order valence-electron chi connectivity index (χ1n) is 7.45. The van der Waals surface area contributed by atoms with Crippen LogP contribution in [-0.2, 0) is 0 Å². The van der Waals surface area contributed by atoms with E-state index < -0.39 is 0 Å². The summed E-state index contributed by atoms with van der Waals surface area (Å²) in [6.45, 7) is 0. The third-order valence-electron chi connectivity index (χ3n) is 3.44. The molecule has 3 aromatic rings. The number of pyridine rings is 1. The van der Waals surface area contributed by atoms with Crippen LogP contribution in [0.15, 0.2) is 71.3 Å². The van der Waals surface area contributed by atoms with Crippen molar-refractivity contribution in [1.29, 1.82) is 5.26 Å². The molecule has 0 aliphatic heterocycles. The smallest absolute Gasteiger partial charge is 0.274 e. The van der Waals surface area contributed by atoms with Crippen molar-refractivity contribution in [2.45, 2.75) is 0 Å². The Kier molecular flexibility index (Phi) is 5.07. The second-order valence-electron chi connectivity index (χ2n) is 5.15. The Hall–Kier alpha value is -3.17. The molecule has 122 valence electrons. The monoisotopic (exact) mass is 392 g/mol. The quantitative estimate of drug-likeness (QED) is 0.673. The fourth-order valence-corrected chi connectivity index (χ4v) is 2.58. The highest BCUT2D eigenvalue weighted by Gasteiger charge is 2.10. The molecule has 0 bridgehead atoms. The SMILES string of the molecule is N#Cc1ccccc1NC(=O)c1ccc(Nc2ccccc2Br)cn1. The van der Waals surface area contributed by atoms with Crippen LogP contribution in [0.2, 0.25) is 0 Å². The molecule has 1 aromatic heterocycles. The summed E-state index contributed by atoms with van der Waals surface area (Å²) in [7, 11) is 0. The Bertz CT molecular complexity index is 948. The van der Waals surface area contributed by atoms with E-state index in [1.54, 1.807) is 42.6 Å². The van der Waals surface area contributed by atoms with Crippen LogP contribution < -0.4 is 10.6 Å². The highest BCUT2D eigenvalue weighted by atomic mass is 79.9. The van der Waals surface area contributed by atoms with E-state index in [0.717, 1.165) is 15.8 Å². The summed E-state index contributed by atoms with van der Waals surface area (Å²) in [6, 6.07) is 20.0. The van der Waals surface area contributed by atoms with E-state index in [1.165, 1.54) is 0 Å². The number of nitrogens with zero attached hydrogens (tertiary/aromatic N) is 2. The summed E-state index contributed by atoms with van der Waals surface area (Å²) in [5, 5.41) is 15.0. The molecular formula is C19H13BrN4O. The lowest BCUT2D eigenvalue weighted by Gasteiger charge is -2.09. The summed E-state index contributed by atoms with van der Waals surface area (Å²) in [5.41, 5.74) is 2.81. The summed E-state index contributed by atoms with van der Waals surface area (Å²) in [6.07, 6.45) is 1.59. The molecule has 0 aliphatic carbocycles. The second kappa shape index (κ2) is 7.60. The van der Waals surface area contributed by atoms with Crippen molar-refractivity contribution >= 4 is 38.9 Å². The number of benzene rings is 2. The van der Waals surface area contributed by atoms with Crippen molar-refractivity contribution in [3.8, 4) is 6.07 Å². The predicted molar refractivity (Wildman–Crippen MR) is 101 cm³/mol. The topological polar surface area (TPSA) is 77.8 Å². The van der Waals surface area contributed by atoms with Crippen molar-refractivity contribution in [2.24, 2.45) is 0 Å². The summed E-state index contributed by atoms with van der Waals surface area (Å²) in [4.78, 5) is 16.5. The van der Waals surface area contributed by atoms with Crippen LogP contribution in [0.5, 0.6) is 0 Å². The zero-order valence-corrected chi connectivity index (χ0v) is 14.6. The lowest BCUT2D eigenvalue weighted by molar-refractivity contribution is 0.102. The highest BCUT2D eigenvalue weighted by Crippen LogP contribution is 2.25. The van der Waals surface area contributed by atoms with Crippen molar-refractivity contribution in [1.82, 2.24) is 4.98 Å². The standard InChI is InChI=1S/C19H13BrN4O/c20-15-6-2-4-8-17(15)23-14-9-10-18(22-12-14)19(25)24-16-7-3-1-5-13(16)11-21/h1-10,12,23H,(H,24,25). The molecule has 5 nitrogen and oxygen atoms in total. The van der Waals surface area contributed by atoms with Gasteiger partial charge < -0.3 is 10.6 Å². The van der Waals surface area contributed by atoms with Crippen molar-refractivity contribution < 1.29 is 4.79 Å². The minimum Gasteiger partial charge on any atom is -0.353 e. The first kappa shape index (κ1) is 16.7. The maximum absolute atomic E-state index is 12.3. The van der Waals surface area contributed by atoms with Gasteiger partial charge in [-0.2, -0.15) is 5.26 Å². The number of aromatic nitrogens is 1. The molecule has 0 radical (unpaired) electrons. The normalized spacial score (nSPS) is 9.92. The number of hydrogen-bond acceptors (Lipinski definition) is 4. The molecule has 1 heterocycles. The van der Waals surface area contributed by atoms with E-state index in [9.17, 15) is 4.79 Å². The number of para-hydroxylation sites is 2. The van der Waals surface area contributed by atoms with Gasteiger partial charge in [0.25, 0.3) is 5.91 Å². The van der Waals surface area contributed by atoms with Gasteiger partial charge in [0.05, 0.1) is 28.8 Å². The fourth-order valence-electron chi connectivity index (χ4n) is 2.20. The number of halogens is 1. The van der Waals surface area contributed by atoms with E-state index in [1.807, 2.05) is 30.3 Å². The number of nitriles is 1. The minimum atomic E-state index is -0.366. The molecule has 25 heavy (non-hydrogen) atoms. The largest absolute Gasteiger partial charge is 0.353 e. The average Bonchev–Trinajstić information content (AvgIpc) is 2.64. The van der Waals surface area contributed by atoms with E-state index in [4.69, 9.17) is 5.26 Å². The number of nitrogens with one attached hydrogen (secondary N) is 2. The second-order valence-corrected chi connectivity index (χ2v) is 6.00. The third-order valence-corrected chi connectivity index (χ3v) is 4.14. The van der Waals surface area contributed by atoms with Gasteiger partial charge in [0.1, 0.15) is 11.8 Å². The summed E-state index contributed by atoms with van der Waals surface area (Å²) < 4.78 is 0.935. The molecule has 2 N–H and O–H groups in total. The zero-order chi connectivity index (χ0) is 17.6. The first-order valence-corrected chi connectivity index (χ1v) is 8.25. The first-order chi connectivity index (χ1) is 12.2. The van der Waals surface area contributed by atoms with Gasteiger partial charge >= 0.3 is 0 Å². The molecule has 0 atom stereocenters. The van der Waals surface area contributed by atoms with Crippen LogP contribution in [0.25, 0.3) is 0 Å². The van der Waals surface area contributed by atoms with Crippen LogP contribution in [0.3, 0.4) is 0 Å². The maximum Gasteiger partial charge on any atom is 0.274 e. The Balaban J connectivity index is 1.73. The molecule has 0 fully saturated rings. The number of rotatable bonds is 4. The lowest BCUT2D eigenvalue weighted by Crippen LogP contribution is -2.14.